The van der Waals surface area contributed by atoms with Crippen LogP contribution in [0, 0.1) is 17.8 Å². The number of nitrogens with one attached hydrogen (secondary N) is 3. The summed E-state index contributed by atoms with van der Waals surface area (Å²) in [4.78, 5) is 23.6. The summed E-state index contributed by atoms with van der Waals surface area (Å²) in [6.45, 7) is 7.89. The van der Waals surface area contributed by atoms with Crippen LogP contribution in [0.2, 0.25) is 0 Å². The Balaban J connectivity index is 1.61. The van der Waals surface area contributed by atoms with Crippen LogP contribution in [0.1, 0.15) is 85.5 Å². The zero-order valence-corrected chi connectivity index (χ0v) is 17.1. The smallest absolute Gasteiger partial charge is 0.315 e. The van der Waals surface area contributed by atoms with Crippen LogP contribution in [0.3, 0.4) is 0 Å². The SMILES string of the molecule is CC(C)NC(=O)NC1CCC(CC2CCC(NC(=O)C(C)C)CC2)CC1. The van der Waals surface area contributed by atoms with Crippen LogP contribution >= 0.6 is 0 Å². The number of hydrogen-bond donors (Lipinski definition) is 3. The second-order valence-electron chi connectivity index (χ2n) is 9.11. The van der Waals surface area contributed by atoms with E-state index in [0.29, 0.717) is 12.1 Å². The van der Waals surface area contributed by atoms with E-state index in [2.05, 4.69) is 16.0 Å². The second-order valence-corrected chi connectivity index (χ2v) is 9.11. The third-order valence-corrected chi connectivity index (χ3v) is 5.99. The van der Waals surface area contributed by atoms with E-state index >= 15 is 0 Å². The van der Waals surface area contributed by atoms with Crippen molar-refractivity contribution in [1.82, 2.24) is 16.0 Å². The van der Waals surface area contributed by atoms with Gasteiger partial charge in [-0.1, -0.05) is 13.8 Å². The second kappa shape index (κ2) is 10.2. The fourth-order valence-electron chi connectivity index (χ4n) is 4.41. The molecule has 0 bridgehead atoms. The van der Waals surface area contributed by atoms with E-state index in [1.54, 1.807) is 0 Å². The minimum atomic E-state index is -0.0229. The lowest BCUT2D eigenvalue weighted by atomic mass is 9.75. The van der Waals surface area contributed by atoms with Gasteiger partial charge >= 0.3 is 6.03 Å². The summed E-state index contributed by atoms with van der Waals surface area (Å²) in [5, 5.41) is 9.22. The van der Waals surface area contributed by atoms with Gasteiger partial charge in [-0.15, -0.1) is 0 Å². The first-order chi connectivity index (χ1) is 12.3. The summed E-state index contributed by atoms with van der Waals surface area (Å²) in [6.07, 6.45) is 10.8. The van der Waals surface area contributed by atoms with Crippen molar-refractivity contribution in [2.45, 2.75) is 104 Å². The summed E-state index contributed by atoms with van der Waals surface area (Å²) in [6, 6.07) is 0.893. The topological polar surface area (TPSA) is 70.2 Å². The Bertz CT molecular complexity index is 448. The molecule has 3 N–H and O–H groups in total. The maximum Gasteiger partial charge on any atom is 0.315 e. The predicted molar refractivity (Wildman–Crippen MR) is 106 cm³/mol. The minimum Gasteiger partial charge on any atom is -0.353 e. The molecule has 5 heteroatoms. The molecule has 150 valence electrons. The molecule has 0 atom stereocenters. The first-order valence-corrected chi connectivity index (χ1v) is 10.7. The molecule has 0 unspecified atom stereocenters. The fourth-order valence-corrected chi connectivity index (χ4v) is 4.41. The highest BCUT2D eigenvalue weighted by Crippen LogP contribution is 2.35. The predicted octanol–water partition coefficient (Wildman–Crippen LogP) is 3.97. The molecule has 5 nitrogen and oxygen atoms in total. The third-order valence-electron chi connectivity index (χ3n) is 5.99. The Morgan fingerprint density at radius 2 is 1.23 bits per heavy atom. The molecule has 2 aliphatic carbocycles. The minimum absolute atomic E-state index is 0.0229. The molecule has 0 spiro atoms. The molecule has 0 aromatic rings. The summed E-state index contributed by atoms with van der Waals surface area (Å²) in [7, 11) is 0. The van der Waals surface area contributed by atoms with E-state index in [1.807, 2.05) is 27.7 Å². The lowest BCUT2D eigenvalue weighted by molar-refractivity contribution is -0.125. The summed E-state index contributed by atoms with van der Waals surface area (Å²) >= 11 is 0. The van der Waals surface area contributed by atoms with Crippen LogP contribution in [-0.2, 0) is 4.79 Å². The van der Waals surface area contributed by atoms with E-state index in [1.165, 1.54) is 32.1 Å². The highest BCUT2D eigenvalue weighted by Gasteiger charge is 2.28. The van der Waals surface area contributed by atoms with Gasteiger partial charge in [0.1, 0.15) is 0 Å². The van der Waals surface area contributed by atoms with E-state index in [9.17, 15) is 9.59 Å². The maximum absolute atomic E-state index is 11.8. The Kier molecular flexibility index (Phi) is 8.23. The molecule has 2 rings (SSSR count). The van der Waals surface area contributed by atoms with Gasteiger partial charge in [-0.25, -0.2) is 4.79 Å². The number of carbonyl (C=O) groups is 2. The third kappa shape index (κ3) is 7.16. The maximum atomic E-state index is 11.8. The van der Waals surface area contributed by atoms with Crippen molar-refractivity contribution < 1.29 is 9.59 Å². The van der Waals surface area contributed by atoms with Crippen molar-refractivity contribution in [3.8, 4) is 0 Å². The Labute approximate surface area is 159 Å². The highest BCUT2D eigenvalue weighted by molar-refractivity contribution is 5.78. The molecule has 26 heavy (non-hydrogen) atoms. The van der Waals surface area contributed by atoms with Crippen molar-refractivity contribution in [1.29, 1.82) is 0 Å². The van der Waals surface area contributed by atoms with E-state index < -0.39 is 0 Å². The average Bonchev–Trinajstić information content (AvgIpc) is 2.57. The Morgan fingerprint density at radius 3 is 1.65 bits per heavy atom. The van der Waals surface area contributed by atoms with E-state index in [0.717, 1.165) is 37.5 Å². The van der Waals surface area contributed by atoms with Gasteiger partial charge in [0, 0.05) is 24.0 Å². The largest absolute Gasteiger partial charge is 0.353 e. The van der Waals surface area contributed by atoms with Crippen molar-refractivity contribution in [2.75, 3.05) is 0 Å². The average molecular weight is 366 g/mol. The first-order valence-electron chi connectivity index (χ1n) is 10.7. The normalized spacial score (nSPS) is 29.5. The van der Waals surface area contributed by atoms with Gasteiger partial charge in [0.2, 0.25) is 5.91 Å². The van der Waals surface area contributed by atoms with Crippen LogP contribution < -0.4 is 16.0 Å². The van der Waals surface area contributed by atoms with Crippen molar-refractivity contribution in [3.63, 3.8) is 0 Å². The molecule has 0 heterocycles. The highest BCUT2D eigenvalue weighted by atomic mass is 16.2. The molecule has 2 aliphatic rings. The van der Waals surface area contributed by atoms with Gasteiger partial charge in [0.05, 0.1) is 0 Å². The van der Waals surface area contributed by atoms with Crippen molar-refractivity contribution >= 4 is 11.9 Å². The standard InChI is InChI=1S/C21H39N3O2/c1-14(2)20(25)23-18-9-5-16(6-10-18)13-17-7-11-19(12-8-17)24-21(26)22-15(3)4/h14-19H,5-13H2,1-4H3,(H,23,25)(H2,22,24,26). The summed E-state index contributed by atoms with van der Waals surface area (Å²) in [5.41, 5.74) is 0. The van der Waals surface area contributed by atoms with Crippen molar-refractivity contribution in [2.24, 2.45) is 17.8 Å². The summed E-state index contributed by atoms with van der Waals surface area (Å²) in [5.74, 6) is 1.91. The van der Waals surface area contributed by atoms with Gasteiger partial charge in [-0.3, -0.25) is 4.79 Å². The molecule has 0 aliphatic heterocycles. The first kappa shape index (κ1) is 21.0. The van der Waals surface area contributed by atoms with Crippen molar-refractivity contribution in [3.05, 3.63) is 0 Å². The van der Waals surface area contributed by atoms with Gasteiger partial charge in [-0.05, 0) is 83.5 Å². The van der Waals surface area contributed by atoms with Gasteiger partial charge < -0.3 is 16.0 Å². The molecule has 2 saturated carbocycles. The fraction of sp³-hybridized carbons (Fsp3) is 0.905. The molecule has 0 radical (unpaired) electrons. The molecule has 0 aromatic heterocycles. The molecular weight excluding hydrogens is 326 g/mol. The lowest BCUT2D eigenvalue weighted by Gasteiger charge is -2.34. The molecule has 0 aromatic carbocycles. The molecule has 2 fully saturated rings. The lowest BCUT2D eigenvalue weighted by Crippen LogP contribution is -2.45. The van der Waals surface area contributed by atoms with Crippen LogP contribution in [0.15, 0.2) is 0 Å². The number of hydrogen-bond acceptors (Lipinski definition) is 2. The number of amides is 3. The summed E-state index contributed by atoms with van der Waals surface area (Å²) < 4.78 is 0. The number of carbonyl (C=O) groups excluding carboxylic acids is 2. The molecule has 0 saturated heterocycles. The van der Waals surface area contributed by atoms with Crippen LogP contribution in [0.25, 0.3) is 0 Å². The number of rotatable bonds is 6. The van der Waals surface area contributed by atoms with E-state index in [4.69, 9.17) is 0 Å². The Hall–Kier alpha value is -1.26. The zero-order valence-electron chi connectivity index (χ0n) is 17.1. The Morgan fingerprint density at radius 1 is 0.769 bits per heavy atom. The van der Waals surface area contributed by atoms with Crippen LogP contribution in [0.5, 0.6) is 0 Å². The van der Waals surface area contributed by atoms with E-state index in [-0.39, 0.29) is 23.9 Å². The van der Waals surface area contributed by atoms with Crippen LogP contribution in [0.4, 0.5) is 4.79 Å². The zero-order chi connectivity index (χ0) is 19.1. The number of urea groups is 1. The van der Waals surface area contributed by atoms with Gasteiger partial charge in [-0.2, -0.15) is 0 Å². The van der Waals surface area contributed by atoms with Gasteiger partial charge in [0.25, 0.3) is 0 Å². The van der Waals surface area contributed by atoms with Gasteiger partial charge in [0.15, 0.2) is 0 Å². The quantitative estimate of drug-likeness (QED) is 0.666. The monoisotopic (exact) mass is 365 g/mol. The molecular formula is C21H39N3O2. The van der Waals surface area contributed by atoms with Crippen LogP contribution in [-0.4, -0.2) is 30.1 Å². The molecule has 3 amide bonds.